The highest BCUT2D eigenvalue weighted by molar-refractivity contribution is 5.81. The summed E-state index contributed by atoms with van der Waals surface area (Å²) in [6.45, 7) is 4.00. The molecule has 0 heterocycles. The summed E-state index contributed by atoms with van der Waals surface area (Å²) in [5.41, 5.74) is 6.48. The summed E-state index contributed by atoms with van der Waals surface area (Å²) in [6.07, 6.45) is 6.83. The molecule has 1 saturated carbocycles. The predicted molar refractivity (Wildman–Crippen MR) is 93.8 cm³/mol. The molecule has 112 valence electrons. The molecule has 0 atom stereocenters. The van der Waals surface area contributed by atoms with E-state index in [0.717, 1.165) is 0 Å². The van der Waals surface area contributed by atoms with Crippen molar-refractivity contribution < 1.29 is 0 Å². The number of hydrogen-bond donors (Lipinski definition) is 0. The minimum absolute atomic E-state index is 0. The second-order valence-corrected chi connectivity index (χ2v) is 5.73. The van der Waals surface area contributed by atoms with E-state index in [1.165, 1.54) is 43.2 Å². The van der Waals surface area contributed by atoms with Crippen LogP contribution in [0.5, 0.6) is 0 Å². The van der Waals surface area contributed by atoms with Gasteiger partial charge in [-0.25, -0.2) is 0 Å². The third kappa shape index (κ3) is 2.31. The number of benzene rings is 2. The quantitative estimate of drug-likeness (QED) is 0.511. The van der Waals surface area contributed by atoms with Gasteiger partial charge in [0, 0.05) is 5.41 Å². The SMILES string of the molecule is C.CC.c1ccc2c(c1)-c1ccccc1C21CCCCC1. The molecule has 0 nitrogen and oxygen atoms in total. The van der Waals surface area contributed by atoms with Crippen LogP contribution in [0.2, 0.25) is 0 Å². The summed E-state index contributed by atoms with van der Waals surface area (Å²) in [7, 11) is 0. The number of rotatable bonds is 0. The molecular formula is C21H28. The van der Waals surface area contributed by atoms with Gasteiger partial charge < -0.3 is 0 Å². The van der Waals surface area contributed by atoms with Gasteiger partial charge in [-0.3, -0.25) is 0 Å². The monoisotopic (exact) mass is 280 g/mol. The first kappa shape index (κ1) is 15.8. The molecule has 0 heteroatoms. The number of hydrogen-bond acceptors (Lipinski definition) is 0. The van der Waals surface area contributed by atoms with E-state index in [0.29, 0.717) is 5.41 Å². The molecule has 2 aromatic rings. The summed E-state index contributed by atoms with van der Waals surface area (Å²) >= 11 is 0. The van der Waals surface area contributed by atoms with Gasteiger partial charge in [0.15, 0.2) is 0 Å². The highest BCUT2D eigenvalue weighted by Crippen LogP contribution is 2.55. The molecule has 0 amide bonds. The van der Waals surface area contributed by atoms with Crippen molar-refractivity contribution in [2.75, 3.05) is 0 Å². The van der Waals surface area contributed by atoms with E-state index in [4.69, 9.17) is 0 Å². The Hall–Kier alpha value is -1.56. The van der Waals surface area contributed by atoms with Gasteiger partial charge in [0.2, 0.25) is 0 Å². The van der Waals surface area contributed by atoms with E-state index in [9.17, 15) is 0 Å². The molecule has 1 fully saturated rings. The molecule has 0 unspecified atom stereocenters. The van der Waals surface area contributed by atoms with Crippen LogP contribution in [0, 0.1) is 0 Å². The Morgan fingerprint density at radius 3 is 1.57 bits per heavy atom. The van der Waals surface area contributed by atoms with E-state index in [-0.39, 0.29) is 7.43 Å². The summed E-state index contributed by atoms with van der Waals surface area (Å²) in [6, 6.07) is 18.1. The Morgan fingerprint density at radius 1 is 0.667 bits per heavy atom. The van der Waals surface area contributed by atoms with Crippen LogP contribution in [0.25, 0.3) is 11.1 Å². The van der Waals surface area contributed by atoms with Crippen molar-refractivity contribution in [2.24, 2.45) is 0 Å². The minimum atomic E-state index is 0. The van der Waals surface area contributed by atoms with Gasteiger partial charge in [0.25, 0.3) is 0 Å². The Balaban J connectivity index is 0.000000517. The van der Waals surface area contributed by atoms with Crippen molar-refractivity contribution in [1.82, 2.24) is 0 Å². The summed E-state index contributed by atoms with van der Waals surface area (Å²) in [4.78, 5) is 0. The topological polar surface area (TPSA) is 0 Å². The first-order valence-corrected chi connectivity index (χ1v) is 8.11. The highest BCUT2D eigenvalue weighted by atomic mass is 14.5. The molecule has 0 saturated heterocycles. The average Bonchev–Trinajstić information content (AvgIpc) is 2.82. The third-order valence-electron chi connectivity index (χ3n) is 4.88. The zero-order chi connectivity index (χ0) is 14.0. The Morgan fingerprint density at radius 2 is 1.10 bits per heavy atom. The zero-order valence-electron chi connectivity index (χ0n) is 12.7. The fourth-order valence-corrected chi connectivity index (χ4v) is 4.11. The van der Waals surface area contributed by atoms with Crippen LogP contribution < -0.4 is 0 Å². The van der Waals surface area contributed by atoms with E-state index in [2.05, 4.69) is 48.5 Å². The average molecular weight is 280 g/mol. The molecule has 0 radical (unpaired) electrons. The van der Waals surface area contributed by atoms with Gasteiger partial charge in [-0.1, -0.05) is 89.1 Å². The Labute approximate surface area is 130 Å². The van der Waals surface area contributed by atoms with E-state index < -0.39 is 0 Å². The fraction of sp³-hybridized carbons (Fsp3) is 0.429. The number of fused-ring (bicyclic) bond motifs is 5. The first-order valence-electron chi connectivity index (χ1n) is 8.11. The van der Waals surface area contributed by atoms with Crippen molar-refractivity contribution in [2.45, 2.75) is 58.8 Å². The Bertz CT molecular complexity index is 541. The van der Waals surface area contributed by atoms with Crippen LogP contribution in [0.15, 0.2) is 48.5 Å². The van der Waals surface area contributed by atoms with Crippen molar-refractivity contribution in [3.05, 3.63) is 59.7 Å². The second kappa shape index (κ2) is 6.47. The van der Waals surface area contributed by atoms with Crippen molar-refractivity contribution >= 4 is 0 Å². The van der Waals surface area contributed by atoms with Crippen LogP contribution in [0.4, 0.5) is 0 Å². The summed E-state index contributed by atoms with van der Waals surface area (Å²) in [5, 5.41) is 0. The van der Waals surface area contributed by atoms with E-state index in [1.54, 1.807) is 11.1 Å². The first-order chi connectivity index (χ1) is 9.92. The van der Waals surface area contributed by atoms with E-state index >= 15 is 0 Å². The molecule has 2 aliphatic rings. The van der Waals surface area contributed by atoms with E-state index in [1.807, 2.05) is 13.8 Å². The molecule has 0 aromatic heterocycles. The zero-order valence-corrected chi connectivity index (χ0v) is 12.7. The van der Waals surface area contributed by atoms with Crippen LogP contribution in [-0.4, -0.2) is 0 Å². The van der Waals surface area contributed by atoms with Gasteiger partial charge in [-0.05, 0) is 35.1 Å². The highest BCUT2D eigenvalue weighted by Gasteiger charge is 2.42. The molecule has 2 aliphatic carbocycles. The largest absolute Gasteiger partial charge is 0.0776 e. The van der Waals surface area contributed by atoms with Crippen molar-refractivity contribution in [1.29, 1.82) is 0 Å². The fourth-order valence-electron chi connectivity index (χ4n) is 4.11. The van der Waals surface area contributed by atoms with Gasteiger partial charge in [0.1, 0.15) is 0 Å². The standard InChI is InChI=1S/C18H18.C2H6.CH4/c1-6-12-18(13-7-1)16-10-4-2-8-14(16)15-9-3-5-11-17(15)18;1-2;/h2-5,8-11H,1,6-7,12-13H2;1-2H3;1H4. The maximum absolute atomic E-state index is 2.36. The van der Waals surface area contributed by atoms with Crippen LogP contribution in [-0.2, 0) is 5.41 Å². The lowest BCUT2D eigenvalue weighted by molar-refractivity contribution is 0.353. The third-order valence-corrected chi connectivity index (χ3v) is 4.88. The van der Waals surface area contributed by atoms with Crippen LogP contribution >= 0.6 is 0 Å². The maximum atomic E-state index is 2.36. The van der Waals surface area contributed by atoms with Gasteiger partial charge >= 0.3 is 0 Å². The maximum Gasteiger partial charge on any atom is 0.0215 e. The smallest absolute Gasteiger partial charge is 0.0215 e. The van der Waals surface area contributed by atoms with Crippen molar-refractivity contribution in [3.8, 4) is 11.1 Å². The molecule has 2 aromatic carbocycles. The van der Waals surface area contributed by atoms with Crippen LogP contribution in [0.1, 0.15) is 64.5 Å². The van der Waals surface area contributed by atoms with Gasteiger partial charge in [-0.2, -0.15) is 0 Å². The van der Waals surface area contributed by atoms with Crippen LogP contribution in [0.3, 0.4) is 0 Å². The summed E-state index contributed by atoms with van der Waals surface area (Å²) < 4.78 is 0. The molecular weight excluding hydrogens is 252 g/mol. The predicted octanol–water partition coefficient (Wildman–Crippen LogP) is 6.58. The lowest BCUT2D eigenvalue weighted by Crippen LogP contribution is -2.27. The summed E-state index contributed by atoms with van der Waals surface area (Å²) in [5.74, 6) is 0. The molecule has 21 heavy (non-hydrogen) atoms. The van der Waals surface area contributed by atoms with Crippen molar-refractivity contribution in [3.63, 3.8) is 0 Å². The molecule has 0 aliphatic heterocycles. The normalized spacial score (nSPS) is 17.0. The lowest BCUT2D eigenvalue weighted by Gasteiger charge is -2.35. The molecule has 0 N–H and O–H groups in total. The lowest BCUT2D eigenvalue weighted by atomic mass is 9.68. The molecule has 0 bridgehead atoms. The molecule has 1 spiro atoms. The van der Waals surface area contributed by atoms with Gasteiger partial charge in [-0.15, -0.1) is 0 Å². The molecule has 4 rings (SSSR count). The minimum Gasteiger partial charge on any atom is -0.0776 e. The Kier molecular flexibility index (Phi) is 4.88. The van der Waals surface area contributed by atoms with Gasteiger partial charge in [0.05, 0.1) is 0 Å². The second-order valence-electron chi connectivity index (χ2n) is 5.73.